The number of allylic oxidation sites excluding steroid dienone is 2. The molecular formula is C17H20O2. The van der Waals surface area contributed by atoms with E-state index in [4.69, 9.17) is 0 Å². The second-order valence-corrected chi connectivity index (χ2v) is 3.74. The Kier molecular flexibility index (Phi) is 8.46. The van der Waals surface area contributed by atoms with E-state index in [9.17, 15) is 4.79 Å². The van der Waals surface area contributed by atoms with Crippen LogP contribution in [-0.2, 0) is 9.53 Å². The molecule has 0 bridgehead atoms. The van der Waals surface area contributed by atoms with Crippen molar-refractivity contribution >= 4 is 18.1 Å². The summed E-state index contributed by atoms with van der Waals surface area (Å²) in [4.78, 5) is 10.2. The minimum atomic E-state index is -0.347. The second kappa shape index (κ2) is 9.66. The van der Waals surface area contributed by atoms with E-state index in [1.807, 2.05) is 30.4 Å². The fourth-order valence-corrected chi connectivity index (χ4v) is 1.10. The van der Waals surface area contributed by atoms with Gasteiger partial charge in [0, 0.05) is 5.57 Å². The molecule has 19 heavy (non-hydrogen) atoms. The fraction of sp³-hybridized carbons (Fsp3) is 0.118. The van der Waals surface area contributed by atoms with Gasteiger partial charge in [0.1, 0.15) is 0 Å². The molecule has 1 rings (SSSR count). The van der Waals surface area contributed by atoms with Crippen LogP contribution in [0.4, 0.5) is 0 Å². The van der Waals surface area contributed by atoms with Crippen molar-refractivity contribution in [1.82, 2.24) is 0 Å². The maximum absolute atomic E-state index is 10.2. The number of hydrogen-bond donors (Lipinski definition) is 0. The van der Waals surface area contributed by atoms with Gasteiger partial charge in [-0.3, -0.25) is 0 Å². The van der Waals surface area contributed by atoms with Crippen LogP contribution in [0.3, 0.4) is 0 Å². The van der Waals surface area contributed by atoms with E-state index in [1.54, 1.807) is 13.0 Å². The van der Waals surface area contributed by atoms with E-state index >= 15 is 0 Å². The molecule has 2 nitrogen and oxygen atoms in total. The lowest BCUT2D eigenvalue weighted by Gasteiger charge is -1.93. The topological polar surface area (TPSA) is 26.3 Å². The zero-order valence-corrected chi connectivity index (χ0v) is 11.6. The van der Waals surface area contributed by atoms with Gasteiger partial charge in [-0.05, 0) is 18.1 Å². The van der Waals surface area contributed by atoms with Crippen molar-refractivity contribution in [1.29, 1.82) is 0 Å². The Hall–Kier alpha value is -2.35. The largest absolute Gasteiger partial charge is 0.466 e. The molecular weight excluding hydrogens is 236 g/mol. The van der Waals surface area contributed by atoms with Crippen molar-refractivity contribution in [2.24, 2.45) is 0 Å². The Morgan fingerprint density at radius 1 is 1.16 bits per heavy atom. The molecule has 100 valence electrons. The van der Waals surface area contributed by atoms with Gasteiger partial charge in [-0.2, -0.15) is 0 Å². The van der Waals surface area contributed by atoms with E-state index in [1.165, 1.54) is 12.7 Å². The Morgan fingerprint density at radius 3 is 2.00 bits per heavy atom. The van der Waals surface area contributed by atoms with Crippen LogP contribution >= 0.6 is 0 Å². The molecule has 0 saturated carbocycles. The molecule has 0 heterocycles. The van der Waals surface area contributed by atoms with Gasteiger partial charge in [-0.1, -0.05) is 68.3 Å². The summed E-state index contributed by atoms with van der Waals surface area (Å²) in [6.45, 7) is 12.2. The molecule has 0 aliphatic carbocycles. The molecule has 0 aliphatic heterocycles. The van der Waals surface area contributed by atoms with Crippen molar-refractivity contribution in [3.63, 3.8) is 0 Å². The van der Waals surface area contributed by atoms with Gasteiger partial charge < -0.3 is 4.74 Å². The zero-order valence-electron chi connectivity index (χ0n) is 11.6. The first-order valence-electron chi connectivity index (χ1n) is 5.80. The number of methoxy groups -OCH3 is 1. The molecule has 0 unspecified atom stereocenters. The average molecular weight is 256 g/mol. The lowest BCUT2D eigenvalue weighted by molar-refractivity contribution is -0.136. The van der Waals surface area contributed by atoms with Crippen LogP contribution < -0.4 is 0 Å². The van der Waals surface area contributed by atoms with E-state index in [0.29, 0.717) is 5.57 Å². The minimum absolute atomic E-state index is 0.347. The number of rotatable bonds is 4. The maximum Gasteiger partial charge on any atom is 0.332 e. The smallest absolute Gasteiger partial charge is 0.332 e. The molecule has 1 aromatic carbocycles. The SMILES string of the molecule is C=C(C)C(=O)OC.C=CC=Cc1ccc(C=C)cc1. The number of carbonyl (C=O) groups is 1. The lowest BCUT2D eigenvalue weighted by Crippen LogP contribution is -1.98. The van der Waals surface area contributed by atoms with Gasteiger partial charge in [-0.15, -0.1) is 0 Å². The number of ether oxygens (including phenoxy) is 1. The maximum atomic E-state index is 10.2. The van der Waals surface area contributed by atoms with E-state index < -0.39 is 0 Å². The van der Waals surface area contributed by atoms with Crippen LogP contribution in [0, 0.1) is 0 Å². The minimum Gasteiger partial charge on any atom is -0.466 e. The lowest BCUT2D eigenvalue weighted by atomic mass is 10.1. The number of carbonyl (C=O) groups excluding carboxylic acids is 1. The van der Waals surface area contributed by atoms with Gasteiger partial charge in [0.2, 0.25) is 0 Å². The molecule has 0 radical (unpaired) electrons. The fourth-order valence-electron chi connectivity index (χ4n) is 1.10. The normalized spacial score (nSPS) is 9.16. The summed E-state index contributed by atoms with van der Waals surface area (Å²) in [6.07, 6.45) is 7.53. The summed E-state index contributed by atoms with van der Waals surface area (Å²) in [7, 11) is 1.33. The molecule has 2 heteroatoms. The summed E-state index contributed by atoms with van der Waals surface area (Å²) in [5.74, 6) is -0.347. The third-order valence-electron chi connectivity index (χ3n) is 2.13. The van der Waals surface area contributed by atoms with Gasteiger partial charge in [0.15, 0.2) is 0 Å². The monoisotopic (exact) mass is 256 g/mol. The van der Waals surface area contributed by atoms with E-state index in [2.05, 4.69) is 36.6 Å². The molecule has 0 amide bonds. The van der Waals surface area contributed by atoms with Crippen LogP contribution in [-0.4, -0.2) is 13.1 Å². The van der Waals surface area contributed by atoms with Gasteiger partial charge in [-0.25, -0.2) is 4.79 Å². The summed E-state index contributed by atoms with van der Waals surface area (Å²) < 4.78 is 4.27. The highest BCUT2D eigenvalue weighted by molar-refractivity contribution is 5.86. The van der Waals surface area contributed by atoms with Crippen LogP contribution in [0.1, 0.15) is 18.1 Å². The first-order chi connectivity index (χ1) is 9.04. The van der Waals surface area contributed by atoms with Crippen molar-refractivity contribution in [3.8, 4) is 0 Å². The van der Waals surface area contributed by atoms with Crippen molar-refractivity contribution in [3.05, 3.63) is 72.9 Å². The Labute approximate surface area is 115 Å². The zero-order chi connectivity index (χ0) is 14.7. The summed E-state index contributed by atoms with van der Waals surface area (Å²) in [6, 6.07) is 8.18. The molecule has 0 aliphatic rings. The molecule has 0 saturated heterocycles. The van der Waals surface area contributed by atoms with E-state index in [0.717, 1.165) is 5.56 Å². The number of esters is 1. The highest BCUT2D eigenvalue weighted by atomic mass is 16.5. The first-order valence-corrected chi connectivity index (χ1v) is 5.80. The third-order valence-corrected chi connectivity index (χ3v) is 2.13. The van der Waals surface area contributed by atoms with Crippen LogP contribution in [0.5, 0.6) is 0 Å². The van der Waals surface area contributed by atoms with Crippen molar-refractivity contribution < 1.29 is 9.53 Å². The second-order valence-electron chi connectivity index (χ2n) is 3.74. The van der Waals surface area contributed by atoms with Crippen LogP contribution in [0.2, 0.25) is 0 Å². The van der Waals surface area contributed by atoms with Crippen molar-refractivity contribution in [2.75, 3.05) is 7.11 Å². The quantitative estimate of drug-likeness (QED) is 0.457. The standard InChI is InChI=1S/C12H12.C5H8O2/c1-3-5-6-12-9-7-11(4-2)8-10-12;1-4(2)5(6)7-3/h3-10H,1-2H2;1H2,2-3H3. The Bertz CT molecular complexity index is 465. The Morgan fingerprint density at radius 2 is 1.68 bits per heavy atom. The highest BCUT2D eigenvalue weighted by Gasteiger charge is 1.95. The van der Waals surface area contributed by atoms with E-state index in [-0.39, 0.29) is 5.97 Å². The highest BCUT2D eigenvalue weighted by Crippen LogP contribution is 2.06. The molecule has 0 atom stereocenters. The third kappa shape index (κ3) is 7.55. The summed E-state index contributed by atoms with van der Waals surface area (Å²) >= 11 is 0. The Balaban J connectivity index is 0.000000399. The summed E-state index contributed by atoms with van der Waals surface area (Å²) in [5, 5.41) is 0. The number of benzene rings is 1. The van der Waals surface area contributed by atoms with Crippen LogP contribution in [0.25, 0.3) is 12.2 Å². The van der Waals surface area contributed by atoms with Gasteiger partial charge >= 0.3 is 5.97 Å². The first kappa shape index (κ1) is 16.7. The van der Waals surface area contributed by atoms with Crippen LogP contribution in [0.15, 0.2) is 61.7 Å². The average Bonchev–Trinajstić information content (AvgIpc) is 2.45. The number of hydrogen-bond acceptors (Lipinski definition) is 2. The summed E-state index contributed by atoms with van der Waals surface area (Å²) in [5.41, 5.74) is 2.76. The van der Waals surface area contributed by atoms with Crippen molar-refractivity contribution in [2.45, 2.75) is 6.92 Å². The predicted octanol–water partition coefficient (Wildman–Crippen LogP) is 4.26. The molecule has 0 aromatic heterocycles. The predicted molar refractivity (Wildman–Crippen MR) is 82.6 cm³/mol. The molecule has 1 aromatic rings. The molecule has 0 spiro atoms. The molecule has 0 fully saturated rings. The molecule has 0 N–H and O–H groups in total. The van der Waals surface area contributed by atoms with Gasteiger partial charge in [0.25, 0.3) is 0 Å². The van der Waals surface area contributed by atoms with Gasteiger partial charge in [0.05, 0.1) is 7.11 Å².